The number of rotatable bonds is 7. The van der Waals surface area contributed by atoms with E-state index in [1.165, 1.54) is 25.3 Å². The minimum absolute atomic E-state index is 0. The van der Waals surface area contributed by atoms with Gasteiger partial charge < -0.3 is 10.1 Å². The number of carbonyl (C=O) groups excluding carboxylic acids is 1. The maximum Gasteiger partial charge on any atom is 0.337 e. The molecule has 0 spiro atoms. The average molecular weight is 357 g/mol. The molecule has 9 heteroatoms. The molecule has 0 saturated carbocycles. The molecule has 0 bridgehead atoms. The van der Waals surface area contributed by atoms with E-state index < -0.39 is 16.0 Å². The van der Waals surface area contributed by atoms with Crippen LogP contribution in [0.5, 0.6) is 0 Å². The van der Waals surface area contributed by atoms with Gasteiger partial charge in [-0.1, -0.05) is 11.6 Å². The second-order valence-electron chi connectivity index (χ2n) is 3.99. The predicted molar refractivity (Wildman–Crippen MR) is 83.8 cm³/mol. The van der Waals surface area contributed by atoms with Gasteiger partial charge in [-0.15, -0.1) is 12.4 Å². The first kappa shape index (κ1) is 20.1. The third-order valence-corrected chi connectivity index (χ3v) is 4.48. The maximum atomic E-state index is 12.0. The van der Waals surface area contributed by atoms with E-state index in [-0.39, 0.29) is 27.9 Å². The number of nitrogens with one attached hydrogen (secondary N) is 2. The van der Waals surface area contributed by atoms with Gasteiger partial charge in [-0.25, -0.2) is 17.9 Å². The first-order valence-electron chi connectivity index (χ1n) is 5.94. The van der Waals surface area contributed by atoms with Gasteiger partial charge in [0.2, 0.25) is 10.0 Å². The van der Waals surface area contributed by atoms with Crippen molar-refractivity contribution in [2.45, 2.75) is 11.3 Å². The van der Waals surface area contributed by atoms with Gasteiger partial charge >= 0.3 is 5.97 Å². The summed E-state index contributed by atoms with van der Waals surface area (Å²) >= 11 is 5.92. The summed E-state index contributed by atoms with van der Waals surface area (Å²) in [5.74, 6) is -0.571. The number of ether oxygens (including phenoxy) is 1. The summed E-state index contributed by atoms with van der Waals surface area (Å²) in [6.07, 6.45) is 0.660. The predicted octanol–water partition coefficient (Wildman–Crippen LogP) is 1.44. The molecule has 0 amide bonds. The van der Waals surface area contributed by atoms with E-state index in [2.05, 4.69) is 14.8 Å². The highest BCUT2D eigenvalue weighted by molar-refractivity contribution is 7.89. The first-order chi connectivity index (χ1) is 9.42. The number of halogens is 2. The fraction of sp³-hybridized carbons (Fsp3) is 0.417. The molecule has 0 aliphatic heterocycles. The summed E-state index contributed by atoms with van der Waals surface area (Å²) in [5, 5.41) is 2.90. The monoisotopic (exact) mass is 356 g/mol. The van der Waals surface area contributed by atoms with Crippen molar-refractivity contribution in [3.63, 3.8) is 0 Å². The van der Waals surface area contributed by atoms with Gasteiger partial charge in [0.15, 0.2) is 0 Å². The van der Waals surface area contributed by atoms with E-state index in [9.17, 15) is 13.2 Å². The Bertz CT molecular complexity index is 579. The van der Waals surface area contributed by atoms with E-state index in [1.54, 1.807) is 7.05 Å². The highest BCUT2D eigenvalue weighted by Gasteiger charge is 2.19. The molecule has 1 rings (SSSR count). The molecule has 1 aromatic rings. The van der Waals surface area contributed by atoms with Crippen LogP contribution in [0.25, 0.3) is 0 Å². The smallest absolute Gasteiger partial charge is 0.337 e. The van der Waals surface area contributed by atoms with Crippen LogP contribution in [-0.2, 0) is 14.8 Å². The molecule has 0 radical (unpaired) electrons. The topological polar surface area (TPSA) is 84.5 Å². The number of hydrogen-bond donors (Lipinski definition) is 2. The Balaban J connectivity index is 0.00000400. The van der Waals surface area contributed by atoms with Crippen LogP contribution in [0.2, 0.25) is 5.02 Å². The molecule has 0 atom stereocenters. The average Bonchev–Trinajstić information content (AvgIpc) is 2.42. The normalized spacial score (nSPS) is 10.8. The van der Waals surface area contributed by atoms with Crippen molar-refractivity contribution in [2.24, 2.45) is 0 Å². The van der Waals surface area contributed by atoms with Gasteiger partial charge in [-0.2, -0.15) is 0 Å². The molecule has 0 aromatic heterocycles. The van der Waals surface area contributed by atoms with Crippen molar-refractivity contribution < 1.29 is 17.9 Å². The number of esters is 1. The summed E-state index contributed by atoms with van der Waals surface area (Å²) < 4.78 is 31.1. The van der Waals surface area contributed by atoms with E-state index in [0.717, 1.165) is 0 Å². The molecule has 0 fully saturated rings. The van der Waals surface area contributed by atoms with Crippen LogP contribution in [0, 0.1) is 0 Å². The van der Waals surface area contributed by atoms with Gasteiger partial charge in [0.1, 0.15) is 4.90 Å². The van der Waals surface area contributed by atoms with Crippen molar-refractivity contribution in [3.05, 3.63) is 28.8 Å². The Morgan fingerprint density at radius 3 is 2.52 bits per heavy atom. The quantitative estimate of drug-likeness (QED) is 0.570. The Labute approximate surface area is 135 Å². The van der Waals surface area contributed by atoms with Crippen molar-refractivity contribution in [2.75, 3.05) is 27.2 Å². The summed E-state index contributed by atoms with van der Waals surface area (Å²) in [6, 6.07) is 3.92. The van der Waals surface area contributed by atoms with Crippen LogP contribution >= 0.6 is 24.0 Å². The van der Waals surface area contributed by atoms with Gasteiger partial charge in [-0.05, 0) is 38.2 Å². The van der Waals surface area contributed by atoms with Crippen LogP contribution in [0.15, 0.2) is 23.1 Å². The van der Waals surface area contributed by atoms with E-state index in [0.29, 0.717) is 19.5 Å². The van der Waals surface area contributed by atoms with Crippen molar-refractivity contribution in [3.8, 4) is 0 Å². The first-order valence-corrected chi connectivity index (χ1v) is 7.80. The van der Waals surface area contributed by atoms with E-state index >= 15 is 0 Å². The lowest BCUT2D eigenvalue weighted by Crippen LogP contribution is -2.27. The second kappa shape index (κ2) is 9.22. The Hall–Kier alpha value is -0.860. The number of carbonyl (C=O) groups is 1. The van der Waals surface area contributed by atoms with Gasteiger partial charge in [0.25, 0.3) is 0 Å². The lowest BCUT2D eigenvalue weighted by Gasteiger charge is -2.09. The minimum atomic E-state index is -3.68. The molecule has 6 nitrogen and oxygen atoms in total. The summed E-state index contributed by atoms with van der Waals surface area (Å²) in [4.78, 5) is 11.3. The summed E-state index contributed by atoms with van der Waals surface area (Å²) in [7, 11) is -0.654. The third kappa shape index (κ3) is 5.80. The Kier molecular flexibility index (Phi) is 8.84. The summed E-state index contributed by atoms with van der Waals surface area (Å²) in [5.41, 5.74) is 0.201. The third-order valence-electron chi connectivity index (χ3n) is 2.54. The number of hydrogen-bond acceptors (Lipinski definition) is 5. The standard InChI is InChI=1S/C12H17ClN2O4S.ClH/c1-14-6-3-7-15-20(17,18)11-5-4-9(8-10(11)13)12(16)19-2;/h4-5,8,14-15H,3,6-7H2,1-2H3;1H. The van der Waals surface area contributed by atoms with Crippen LogP contribution in [-0.4, -0.2) is 41.6 Å². The maximum absolute atomic E-state index is 12.0. The van der Waals surface area contributed by atoms with Crippen LogP contribution in [0.1, 0.15) is 16.8 Å². The zero-order valence-corrected chi connectivity index (χ0v) is 14.1. The zero-order valence-electron chi connectivity index (χ0n) is 11.7. The molecule has 1 aromatic carbocycles. The molecule has 2 N–H and O–H groups in total. The molecule has 0 heterocycles. The fourth-order valence-electron chi connectivity index (χ4n) is 1.51. The van der Waals surface area contributed by atoms with Gasteiger partial charge in [-0.3, -0.25) is 0 Å². The summed E-state index contributed by atoms with van der Waals surface area (Å²) in [6.45, 7) is 1.01. The SMILES string of the molecule is CNCCCNS(=O)(=O)c1ccc(C(=O)OC)cc1Cl.Cl. The molecule has 21 heavy (non-hydrogen) atoms. The molecule has 0 aliphatic rings. The van der Waals surface area contributed by atoms with Crippen LogP contribution in [0.4, 0.5) is 0 Å². The van der Waals surface area contributed by atoms with Gasteiger partial charge in [0.05, 0.1) is 17.7 Å². The Morgan fingerprint density at radius 2 is 2.00 bits per heavy atom. The second-order valence-corrected chi connectivity index (χ2v) is 6.13. The van der Waals surface area contributed by atoms with Crippen LogP contribution in [0.3, 0.4) is 0 Å². The van der Waals surface area contributed by atoms with Crippen LogP contribution < -0.4 is 10.0 Å². The number of sulfonamides is 1. The zero-order chi connectivity index (χ0) is 15.2. The minimum Gasteiger partial charge on any atom is -0.465 e. The Morgan fingerprint density at radius 1 is 1.33 bits per heavy atom. The molecule has 0 unspecified atom stereocenters. The van der Waals surface area contributed by atoms with Crippen molar-refractivity contribution in [1.29, 1.82) is 0 Å². The number of methoxy groups -OCH3 is 1. The molecule has 0 aliphatic carbocycles. The lowest BCUT2D eigenvalue weighted by atomic mass is 10.2. The largest absolute Gasteiger partial charge is 0.465 e. The molecule has 0 saturated heterocycles. The molecular weight excluding hydrogens is 339 g/mol. The number of benzene rings is 1. The van der Waals surface area contributed by atoms with Gasteiger partial charge in [0, 0.05) is 6.54 Å². The van der Waals surface area contributed by atoms with Crippen molar-refractivity contribution >= 4 is 40.0 Å². The lowest BCUT2D eigenvalue weighted by molar-refractivity contribution is 0.0600. The van der Waals surface area contributed by atoms with Crippen molar-refractivity contribution in [1.82, 2.24) is 10.0 Å². The van der Waals surface area contributed by atoms with E-state index in [4.69, 9.17) is 11.6 Å². The molecular formula is C12H18Cl2N2O4S. The molecule has 120 valence electrons. The highest BCUT2D eigenvalue weighted by Crippen LogP contribution is 2.22. The van der Waals surface area contributed by atoms with E-state index in [1.807, 2.05) is 0 Å². The fourth-order valence-corrected chi connectivity index (χ4v) is 3.13. The highest BCUT2D eigenvalue weighted by atomic mass is 35.5.